The van der Waals surface area contributed by atoms with Gasteiger partial charge >= 0.3 is 0 Å². The van der Waals surface area contributed by atoms with Gasteiger partial charge in [0.2, 0.25) is 0 Å². The smallest absolute Gasteiger partial charge is 0.255 e. The van der Waals surface area contributed by atoms with Crippen LogP contribution < -0.4 is 15.8 Å². The third-order valence-corrected chi connectivity index (χ3v) is 4.20. The zero-order valence-electron chi connectivity index (χ0n) is 12.8. The van der Waals surface area contributed by atoms with Crippen LogP contribution in [0, 0.1) is 11.8 Å². The van der Waals surface area contributed by atoms with Crippen LogP contribution in [-0.2, 0) is 11.3 Å². The van der Waals surface area contributed by atoms with Crippen LogP contribution in [0.1, 0.15) is 38.2 Å². The van der Waals surface area contributed by atoms with Crippen LogP contribution in [0.25, 0.3) is 0 Å². The van der Waals surface area contributed by atoms with Gasteiger partial charge in [-0.25, -0.2) is 0 Å². The first-order valence-electron chi connectivity index (χ1n) is 7.84. The first kappa shape index (κ1) is 15.8. The minimum absolute atomic E-state index is 0.0717. The molecule has 1 aliphatic carbocycles. The van der Waals surface area contributed by atoms with E-state index in [2.05, 4.69) is 12.2 Å². The van der Waals surface area contributed by atoms with Gasteiger partial charge < -0.3 is 15.8 Å². The van der Waals surface area contributed by atoms with E-state index >= 15 is 0 Å². The molecule has 1 aliphatic rings. The number of carbonyl (C=O) groups excluding carboxylic acids is 1. The van der Waals surface area contributed by atoms with Gasteiger partial charge in [0.05, 0.1) is 0 Å². The maximum absolute atomic E-state index is 10.6. The summed E-state index contributed by atoms with van der Waals surface area (Å²) in [6, 6.07) is 7.79. The van der Waals surface area contributed by atoms with Crippen molar-refractivity contribution in [2.45, 2.75) is 39.2 Å². The Morgan fingerprint density at radius 1 is 1.24 bits per heavy atom. The number of primary amides is 1. The number of rotatable bonds is 7. The number of nitrogens with one attached hydrogen (secondary N) is 1. The molecule has 1 saturated carbocycles. The molecule has 0 spiro atoms. The number of amides is 1. The zero-order valence-corrected chi connectivity index (χ0v) is 12.8. The summed E-state index contributed by atoms with van der Waals surface area (Å²) in [5.41, 5.74) is 6.27. The molecule has 1 aromatic rings. The number of hydrogen-bond donors (Lipinski definition) is 2. The van der Waals surface area contributed by atoms with Gasteiger partial charge in [0.1, 0.15) is 5.75 Å². The Kier molecular flexibility index (Phi) is 6.05. The average Bonchev–Trinajstić information content (AvgIpc) is 2.48. The Hall–Kier alpha value is -1.55. The quantitative estimate of drug-likeness (QED) is 0.811. The Morgan fingerprint density at radius 3 is 2.52 bits per heavy atom. The van der Waals surface area contributed by atoms with Crippen molar-refractivity contribution in [2.75, 3.05) is 13.2 Å². The standard InChI is InChI=1S/C17H26N2O2/c1-13-2-4-14(5-3-13)10-19-11-15-6-8-16(9-7-15)21-12-17(18)20/h6-9,13-14,19H,2-5,10-12H2,1H3,(H2,18,20). The lowest BCUT2D eigenvalue weighted by molar-refractivity contribution is -0.119. The summed E-state index contributed by atoms with van der Waals surface area (Å²) in [7, 11) is 0. The van der Waals surface area contributed by atoms with Crippen molar-refractivity contribution < 1.29 is 9.53 Å². The minimum atomic E-state index is -0.456. The molecule has 1 amide bonds. The van der Waals surface area contributed by atoms with E-state index in [1.807, 2.05) is 24.3 Å². The number of hydrogen-bond acceptors (Lipinski definition) is 3. The molecule has 21 heavy (non-hydrogen) atoms. The molecule has 4 nitrogen and oxygen atoms in total. The second-order valence-corrected chi connectivity index (χ2v) is 6.16. The van der Waals surface area contributed by atoms with Crippen molar-refractivity contribution in [3.05, 3.63) is 29.8 Å². The van der Waals surface area contributed by atoms with Crippen molar-refractivity contribution in [3.63, 3.8) is 0 Å². The predicted octanol–water partition coefficient (Wildman–Crippen LogP) is 2.47. The molecule has 0 unspecified atom stereocenters. The predicted molar refractivity (Wildman–Crippen MR) is 84.0 cm³/mol. The van der Waals surface area contributed by atoms with Gasteiger partial charge in [0.25, 0.3) is 5.91 Å². The average molecular weight is 290 g/mol. The maximum atomic E-state index is 10.6. The molecule has 3 N–H and O–H groups in total. The Bertz CT molecular complexity index is 437. The van der Waals surface area contributed by atoms with Gasteiger partial charge in [-0.05, 0) is 48.9 Å². The number of nitrogens with two attached hydrogens (primary N) is 1. The third kappa shape index (κ3) is 5.76. The van der Waals surface area contributed by atoms with Gasteiger partial charge in [-0.1, -0.05) is 31.9 Å². The second kappa shape index (κ2) is 8.03. The van der Waals surface area contributed by atoms with Gasteiger partial charge in [-0.2, -0.15) is 0 Å². The van der Waals surface area contributed by atoms with E-state index in [0.717, 1.165) is 24.9 Å². The summed E-state index contributed by atoms with van der Waals surface area (Å²) in [6.07, 6.45) is 5.46. The van der Waals surface area contributed by atoms with Crippen molar-refractivity contribution in [3.8, 4) is 5.75 Å². The Morgan fingerprint density at radius 2 is 1.90 bits per heavy atom. The van der Waals surface area contributed by atoms with Crippen molar-refractivity contribution in [1.29, 1.82) is 0 Å². The Balaban J connectivity index is 1.67. The molecular formula is C17H26N2O2. The molecule has 0 aliphatic heterocycles. The maximum Gasteiger partial charge on any atom is 0.255 e. The largest absolute Gasteiger partial charge is 0.484 e. The first-order chi connectivity index (χ1) is 10.1. The molecule has 0 aromatic heterocycles. The van der Waals surface area contributed by atoms with Crippen LogP contribution in [0.5, 0.6) is 5.75 Å². The molecule has 1 aromatic carbocycles. The van der Waals surface area contributed by atoms with Crippen LogP contribution in [0.3, 0.4) is 0 Å². The fourth-order valence-electron chi connectivity index (χ4n) is 2.81. The fraction of sp³-hybridized carbons (Fsp3) is 0.588. The first-order valence-corrected chi connectivity index (χ1v) is 7.84. The summed E-state index contributed by atoms with van der Waals surface area (Å²) in [5.74, 6) is 1.97. The summed E-state index contributed by atoms with van der Waals surface area (Å²) in [5, 5.41) is 3.54. The summed E-state index contributed by atoms with van der Waals surface area (Å²) in [4.78, 5) is 10.6. The second-order valence-electron chi connectivity index (χ2n) is 6.16. The van der Waals surface area contributed by atoms with E-state index in [4.69, 9.17) is 10.5 Å². The van der Waals surface area contributed by atoms with Gasteiger partial charge in [0.15, 0.2) is 6.61 Å². The molecule has 2 rings (SSSR count). The molecule has 0 bridgehead atoms. The van der Waals surface area contributed by atoms with Crippen LogP contribution >= 0.6 is 0 Å². The van der Waals surface area contributed by atoms with E-state index in [1.54, 1.807) is 0 Å². The molecule has 0 saturated heterocycles. The number of benzene rings is 1. The number of carbonyl (C=O) groups is 1. The van der Waals surface area contributed by atoms with Gasteiger partial charge in [-0.15, -0.1) is 0 Å². The molecule has 4 heteroatoms. The zero-order chi connectivity index (χ0) is 15.1. The lowest BCUT2D eigenvalue weighted by Crippen LogP contribution is -2.25. The van der Waals surface area contributed by atoms with Crippen LogP contribution in [-0.4, -0.2) is 19.1 Å². The van der Waals surface area contributed by atoms with Crippen molar-refractivity contribution in [2.24, 2.45) is 17.6 Å². The lowest BCUT2D eigenvalue weighted by atomic mass is 9.83. The molecule has 0 radical (unpaired) electrons. The van der Waals surface area contributed by atoms with Crippen molar-refractivity contribution >= 4 is 5.91 Å². The fourth-order valence-corrected chi connectivity index (χ4v) is 2.81. The summed E-state index contributed by atoms with van der Waals surface area (Å²) < 4.78 is 5.24. The molecule has 0 heterocycles. The highest BCUT2D eigenvalue weighted by molar-refractivity contribution is 5.75. The van der Waals surface area contributed by atoms with E-state index in [-0.39, 0.29) is 6.61 Å². The third-order valence-electron chi connectivity index (χ3n) is 4.20. The van der Waals surface area contributed by atoms with E-state index < -0.39 is 5.91 Å². The van der Waals surface area contributed by atoms with E-state index in [1.165, 1.54) is 31.2 Å². The highest BCUT2D eigenvalue weighted by Crippen LogP contribution is 2.27. The lowest BCUT2D eigenvalue weighted by Gasteiger charge is -2.26. The van der Waals surface area contributed by atoms with Gasteiger partial charge in [0, 0.05) is 6.54 Å². The van der Waals surface area contributed by atoms with Crippen molar-refractivity contribution in [1.82, 2.24) is 5.32 Å². The molecule has 1 fully saturated rings. The van der Waals surface area contributed by atoms with Crippen LogP contribution in [0.2, 0.25) is 0 Å². The normalized spacial score (nSPS) is 22.0. The number of ether oxygens (including phenoxy) is 1. The highest BCUT2D eigenvalue weighted by atomic mass is 16.5. The molecule has 116 valence electrons. The Labute approximate surface area is 127 Å². The minimum Gasteiger partial charge on any atom is -0.484 e. The summed E-state index contributed by atoms with van der Waals surface area (Å²) in [6.45, 7) is 4.26. The van der Waals surface area contributed by atoms with E-state index in [9.17, 15) is 4.79 Å². The van der Waals surface area contributed by atoms with Gasteiger partial charge in [-0.3, -0.25) is 4.79 Å². The van der Waals surface area contributed by atoms with Crippen LogP contribution in [0.15, 0.2) is 24.3 Å². The highest BCUT2D eigenvalue weighted by Gasteiger charge is 2.17. The molecule has 0 atom stereocenters. The SMILES string of the molecule is CC1CCC(CNCc2ccc(OCC(N)=O)cc2)CC1. The summed E-state index contributed by atoms with van der Waals surface area (Å²) >= 11 is 0. The van der Waals surface area contributed by atoms with E-state index in [0.29, 0.717) is 5.75 Å². The van der Waals surface area contributed by atoms with Crippen LogP contribution in [0.4, 0.5) is 0 Å². The molecular weight excluding hydrogens is 264 g/mol. The monoisotopic (exact) mass is 290 g/mol. The topological polar surface area (TPSA) is 64.3 Å².